The first kappa shape index (κ1) is 22.2. The number of amides is 1. The maximum atomic E-state index is 12.6. The summed E-state index contributed by atoms with van der Waals surface area (Å²) in [5, 5.41) is 23.3. The number of nitrogens with zero attached hydrogens (tertiary/aromatic N) is 5. The van der Waals surface area contributed by atoms with Crippen LogP contribution in [0.3, 0.4) is 0 Å². The van der Waals surface area contributed by atoms with E-state index in [1.165, 1.54) is 0 Å². The molecule has 0 atom stereocenters. The van der Waals surface area contributed by atoms with Gasteiger partial charge in [0.25, 0.3) is 5.91 Å². The van der Waals surface area contributed by atoms with Gasteiger partial charge in [-0.25, -0.2) is 0 Å². The summed E-state index contributed by atoms with van der Waals surface area (Å²) in [6.07, 6.45) is 1.78. The summed E-state index contributed by atoms with van der Waals surface area (Å²) in [5.41, 5.74) is 3.25. The number of halogens is 1. The van der Waals surface area contributed by atoms with Gasteiger partial charge in [0.05, 0.1) is 18.0 Å². The minimum Gasteiger partial charge on any atom is -0.305 e. The van der Waals surface area contributed by atoms with Gasteiger partial charge < -0.3 is 5.32 Å². The van der Waals surface area contributed by atoms with E-state index in [0.29, 0.717) is 40.9 Å². The van der Waals surface area contributed by atoms with Crippen molar-refractivity contribution >= 4 is 29.0 Å². The SMILES string of the molecule is Cc1nn(Cc2ccc(C(=O)Nc3ccn(Cc4cccc(Cl)c4)n3)cc2)c(C)c1[N+](=O)[O-]. The molecule has 2 aromatic carbocycles. The molecule has 0 saturated heterocycles. The Morgan fingerprint density at radius 3 is 2.48 bits per heavy atom. The zero-order valence-electron chi connectivity index (χ0n) is 18.0. The lowest BCUT2D eigenvalue weighted by molar-refractivity contribution is -0.386. The van der Waals surface area contributed by atoms with Gasteiger partial charge in [0, 0.05) is 22.8 Å². The van der Waals surface area contributed by atoms with Gasteiger partial charge in [-0.3, -0.25) is 24.3 Å². The van der Waals surface area contributed by atoms with Gasteiger partial charge in [-0.15, -0.1) is 0 Å². The van der Waals surface area contributed by atoms with Gasteiger partial charge in [0.1, 0.15) is 11.4 Å². The molecule has 0 aliphatic heterocycles. The second-order valence-electron chi connectivity index (χ2n) is 7.61. The third-order valence-corrected chi connectivity index (χ3v) is 5.43. The van der Waals surface area contributed by atoms with E-state index in [1.807, 2.05) is 24.3 Å². The fourth-order valence-corrected chi connectivity index (χ4v) is 3.78. The van der Waals surface area contributed by atoms with Crippen molar-refractivity contribution in [2.45, 2.75) is 26.9 Å². The molecule has 0 radical (unpaired) electrons. The Morgan fingerprint density at radius 1 is 1.06 bits per heavy atom. The van der Waals surface area contributed by atoms with E-state index < -0.39 is 4.92 Å². The monoisotopic (exact) mass is 464 g/mol. The van der Waals surface area contributed by atoms with E-state index in [0.717, 1.165) is 11.1 Å². The Hall–Kier alpha value is -3.98. The van der Waals surface area contributed by atoms with Crippen LogP contribution in [-0.2, 0) is 13.1 Å². The number of rotatable bonds is 7. The summed E-state index contributed by atoms with van der Waals surface area (Å²) in [4.78, 5) is 23.4. The van der Waals surface area contributed by atoms with Crippen LogP contribution in [0.15, 0.2) is 60.8 Å². The molecule has 2 heterocycles. The van der Waals surface area contributed by atoms with Crippen LogP contribution in [0.1, 0.15) is 32.9 Å². The number of anilines is 1. The van der Waals surface area contributed by atoms with Crippen LogP contribution in [0.4, 0.5) is 11.5 Å². The third-order valence-electron chi connectivity index (χ3n) is 5.19. The first-order valence-electron chi connectivity index (χ1n) is 10.2. The van der Waals surface area contributed by atoms with Crippen LogP contribution in [0, 0.1) is 24.0 Å². The lowest BCUT2D eigenvalue weighted by Crippen LogP contribution is -2.13. The maximum absolute atomic E-state index is 12.6. The maximum Gasteiger partial charge on any atom is 0.312 e. The molecule has 4 rings (SSSR count). The first-order valence-corrected chi connectivity index (χ1v) is 10.5. The summed E-state index contributed by atoms with van der Waals surface area (Å²) in [5.74, 6) is 0.164. The number of benzene rings is 2. The predicted molar refractivity (Wildman–Crippen MR) is 125 cm³/mol. The second kappa shape index (κ2) is 9.25. The molecular weight excluding hydrogens is 444 g/mol. The van der Waals surface area contributed by atoms with Crippen LogP contribution in [0.25, 0.3) is 0 Å². The molecule has 2 aromatic heterocycles. The Morgan fingerprint density at radius 2 is 1.82 bits per heavy atom. The number of aromatic nitrogens is 4. The zero-order valence-corrected chi connectivity index (χ0v) is 18.8. The average molecular weight is 465 g/mol. The highest BCUT2D eigenvalue weighted by molar-refractivity contribution is 6.30. The van der Waals surface area contributed by atoms with Crippen LogP contribution >= 0.6 is 11.6 Å². The third kappa shape index (κ3) is 5.09. The van der Waals surface area contributed by atoms with E-state index in [9.17, 15) is 14.9 Å². The van der Waals surface area contributed by atoms with Crippen LogP contribution < -0.4 is 5.32 Å². The Balaban J connectivity index is 1.39. The summed E-state index contributed by atoms with van der Waals surface area (Å²) < 4.78 is 3.31. The number of carbonyl (C=O) groups is 1. The fraction of sp³-hybridized carbons (Fsp3) is 0.174. The molecule has 0 saturated carbocycles. The number of hydrogen-bond donors (Lipinski definition) is 1. The fourth-order valence-electron chi connectivity index (χ4n) is 3.57. The number of aryl methyl sites for hydroxylation is 1. The second-order valence-corrected chi connectivity index (χ2v) is 8.05. The Kier molecular flexibility index (Phi) is 6.23. The molecule has 0 unspecified atom stereocenters. The Bertz CT molecular complexity index is 1330. The molecular formula is C23H21ClN6O3. The van der Waals surface area contributed by atoms with Crippen molar-refractivity contribution in [2.75, 3.05) is 5.32 Å². The van der Waals surface area contributed by atoms with E-state index in [-0.39, 0.29) is 11.6 Å². The van der Waals surface area contributed by atoms with Crippen molar-refractivity contribution in [3.05, 3.63) is 104 Å². The summed E-state index contributed by atoms with van der Waals surface area (Å²) in [6.45, 7) is 4.20. The van der Waals surface area contributed by atoms with Gasteiger partial charge in [0.2, 0.25) is 0 Å². The van der Waals surface area contributed by atoms with Crippen molar-refractivity contribution in [2.24, 2.45) is 0 Å². The number of carbonyl (C=O) groups excluding carboxylic acids is 1. The molecule has 1 N–H and O–H groups in total. The molecule has 168 valence electrons. The van der Waals surface area contributed by atoms with Gasteiger partial charge in [-0.2, -0.15) is 10.2 Å². The molecule has 0 aliphatic carbocycles. The minimum atomic E-state index is -0.419. The van der Waals surface area contributed by atoms with Crippen molar-refractivity contribution in [3.63, 3.8) is 0 Å². The van der Waals surface area contributed by atoms with E-state index in [4.69, 9.17) is 11.6 Å². The van der Waals surface area contributed by atoms with Crippen LogP contribution in [-0.4, -0.2) is 30.4 Å². The van der Waals surface area contributed by atoms with Crippen LogP contribution in [0.5, 0.6) is 0 Å². The molecule has 0 spiro atoms. The minimum absolute atomic E-state index is 0.0285. The molecule has 0 aliphatic rings. The topological polar surface area (TPSA) is 108 Å². The van der Waals surface area contributed by atoms with Crippen molar-refractivity contribution in [1.82, 2.24) is 19.6 Å². The Labute approximate surface area is 194 Å². The molecule has 4 aromatic rings. The molecule has 9 nitrogen and oxygen atoms in total. The van der Waals surface area contributed by atoms with E-state index in [1.54, 1.807) is 59.7 Å². The number of hydrogen-bond acceptors (Lipinski definition) is 5. The lowest BCUT2D eigenvalue weighted by Gasteiger charge is -2.06. The largest absolute Gasteiger partial charge is 0.312 e. The highest BCUT2D eigenvalue weighted by Crippen LogP contribution is 2.22. The van der Waals surface area contributed by atoms with Gasteiger partial charge >= 0.3 is 5.69 Å². The van der Waals surface area contributed by atoms with E-state index >= 15 is 0 Å². The first-order chi connectivity index (χ1) is 15.8. The van der Waals surface area contributed by atoms with Gasteiger partial charge in [-0.05, 0) is 49.2 Å². The normalized spacial score (nSPS) is 10.9. The van der Waals surface area contributed by atoms with Crippen molar-refractivity contribution < 1.29 is 9.72 Å². The molecule has 0 fully saturated rings. The summed E-state index contributed by atoms with van der Waals surface area (Å²) in [7, 11) is 0. The molecule has 0 bridgehead atoms. The average Bonchev–Trinajstić information content (AvgIpc) is 3.31. The van der Waals surface area contributed by atoms with Gasteiger partial charge in [0.15, 0.2) is 5.82 Å². The zero-order chi connectivity index (χ0) is 23.5. The smallest absolute Gasteiger partial charge is 0.305 e. The number of nitro groups is 1. The standard InChI is InChI=1S/C23H21ClN6O3/c1-15-22(30(32)33)16(2)29(26-15)14-17-6-8-19(9-7-17)23(31)25-21-10-11-28(27-21)13-18-4-3-5-20(24)12-18/h3-12H,13-14H2,1-2H3,(H,25,27,31). The quantitative estimate of drug-likeness (QED) is 0.317. The van der Waals surface area contributed by atoms with Crippen LogP contribution in [0.2, 0.25) is 5.02 Å². The molecule has 1 amide bonds. The molecule has 33 heavy (non-hydrogen) atoms. The van der Waals surface area contributed by atoms with E-state index in [2.05, 4.69) is 15.5 Å². The highest BCUT2D eigenvalue weighted by atomic mass is 35.5. The highest BCUT2D eigenvalue weighted by Gasteiger charge is 2.21. The van der Waals surface area contributed by atoms with Crippen molar-refractivity contribution in [3.8, 4) is 0 Å². The predicted octanol–water partition coefficient (Wildman–Crippen LogP) is 4.61. The number of nitrogens with one attached hydrogen (secondary N) is 1. The van der Waals surface area contributed by atoms with Gasteiger partial charge in [-0.1, -0.05) is 35.9 Å². The summed E-state index contributed by atoms with van der Waals surface area (Å²) in [6, 6.07) is 16.2. The summed E-state index contributed by atoms with van der Waals surface area (Å²) >= 11 is 6.02. The lowest BCUT2D eigenvalue weighted by atomic mass is 10.1. The van der Waals surface area contributed by atoms with Crippen molar-refractivity contribution in [1.29, 1.82) is 0 Å². The molecule has 10 heteroatoms.